The number of aromatic nitrogens is 1. The molecule has 0 spiro atoms. The number of hydrogen-bond acceptors (Lipinski definition) is 5. The molecule has 0 radical (unpaired) electrons. The number of aromatic carboxylic acids is 1. The monoisotopic (exact) mass is 608 g/mol. The Kier molecular flexibility index (Phi) is 8.91. The highest BCUT2D eigenvalue weighted by Crippen LogP contribution is 2.46. The van der Waals surface area contributed by atoms with Crippen molar-refractivity contribution in [3.8, 4) is 28.8 Å². The summed E-state index contributed by atoms with van der Waals surface area (Å²) in [7, 11) is 0. The largest absolute Gasteiger partial charge is 0.489 e. The van der Waals surface area contributed by atoms with Crippen molar-refractivity contribution in [2.45, 2.75) is 51.8 Å². The maximum absolute atomic E-state index is 11.6. The highest BCUT2D eigenvalue weighted by molar-refractivity contribution is 6.39. The van der Waals surface area contributed by atoms with E-state index in [-0.39, 0.29) is 18.2 Å². The summed E-state index contributed by atoms with van der Waals surface area (Å²) in [5, 5.41) is 18.5. The van der Waals surface area contributed by atoms with Gasteiger partial charge in [-0.15, -0.1) is 0 Å². The topological polar surface area (TPSA) is 84.6 Å². The number of benzene rings is 3. The first-order chi connectivity index (χ1) is 19.7. The molecule has 41 heavy (non-hydrogen) atoms. The van der Waals surface area contributed by atoms with E-state index in [2.05, 4.69) is 22.3 Å². The molecule has 9 heteroatoms. The first kappa shape index (κ1) is 29.0. The third kappa shape index (κ3) is 7.06. The van der Waals surface area contributed by atoms with Gasteiger partial charge in [0.05, 0.1) is 26.2 Å². The normalized spacial score (nSPS) is 12.7. The molecule has 210 valence electrons. The van der Waals surface area contributed by atoms with Crippen LogP contribution in [0.15, 0.2) is 59.1 Å². The molecule has 1 aromatic heterocycles. The number of rotatable bonds is 9. The van der Waals surface area contributed by atoms with E-state index < -0.39 is 5.97 Å². The summed E-state index contributed by atoms with van der Waals surface area (Å²) in [4.78, 5) is 11.6. The fraction of sp³-hybridized carbons (Fsp3) is 0.250. The SMILES string of the molecule is CC(C)NCc1cc(C#Cc2ccc(OCc3c(-c4c(Cl)cccc4Cl)noc3C3CC3)cc2Cl)cc(C(=O)O)c1. The predicted molar refractivity (Wildman–Crippen MR) is 161 cm³/mol. The molecule has 6 nitrogen and oxygen atoms in total. The molecule has 1 heterocycles. The molecule has 0 aliphatic heterocycles. The van der Waals surface area contributed by atoms with Crippen LogP contribution in [0.1, 0.15) is 71.0 Å². The van der Waals surface area contributed by atoms with Crippen LogP contribution in [-0.4, -0.2) is 22.3 Å². The number of carbonyl (C=O) groups is 1. The summed E-state index contributed by atoms with van der Waals surface area (Å²) in [5.74, 6) is 6.74. The summed E-state index contributed by atoms with van der Waals surface area (Å²) in [6.45, 7) is 4.80. The molecule has 2 N–H and O–H groups in total. The first-order valence-corrected chi connectivity index (χ1v) is 14.3. The highest BCUT2D eigenvalue weighted by Gasteiger charge is 2.33. The van der Waals surface area contributed by atoms with Crippen LogP contribution >= 0.6 is 34.8 Å². The Morgan fingerprint density at radius 1 is 1.07 bits per heavy atom. The fourth-order valence-corrected chi connectivity index (χ4v) is 5.14. The van der Waals surface area contributed by atoms with Crippen molar-refractivity contribution in [2.24, 2.45) is 0 Å². The third-order valence-electron chi connectivity index (χ3n) is 6.59. The van der Waals surface area contributed by atoms with Gasteiger partial charge in [0, 0.05) is 41.3 Å². The minimum Gasteiger partial charge on any atom is -0.489 e. The zero-order chi connectivity index (χ0) is 29.1. The average Bonchev–Trinajstić information content (AvgIpc) is 3.70. The lowest BCUT2D eigenvalue weighted by Crippen LogP contribution is -2.22. The van der Waals surface area contributed by atoms with Crippen LogP contribution in [0.4, 0.5) is 0 Å². The Morgan fingerprint density at radius 2 is 1.83 bits per heavy atom. The van der Waals surface area contributed by atoms with Crippen LogP contribution < -0.4 is 10.1 Å². The molecule has 1 aliphatic carbocycles. The van der Waals surface area contributed by atoms with Crippen molar-refractivity contribution in [1.82, 2.24) is 10.5 Å². The van der Waals surface area contributed by atoms with Gasteiger partial charge in [0.25, 0.3) is 0 Å². The maximum Gasteiger partial charge on any atom is 0.335 e. The van der Waals surface area contributed by atoms with E-state index in [1.807, 2.05) is 19.9 Å². The second-order valence-corrected chi connectivity index (χ2v) is 11.4. The molecule has 1 saturated carbocycles. The van der Waals surface area contributed by atoms with Gasteiger partial charge in [-0.25, -0.2) is 4.79 Å². The van der Waals surface area contributed by atoms with Crippen molar-refractivity contribution in [3.05, 3.63) is 103 Å². The van der Waals surface area contributed by atoms with Crippen LogP contribution in [0.25, 0.3) is 11.3 Å². The number of carboxylic acids is 1. The van der Waals surface area contributed by atoms with Gasteiger partial charge < -0.3 is 19.7 Å². The van der Waals surface area contributed by atoms with Crippen LogP contribution in [-0.2, 0) is 13.2 Å². The van der Waals surface area contributed by atoms with Crippen molar-refractivity contribution in [1.29, 1.82) is 0 Å². The zero-order valence-electron chi connectivity index (χ0n) is 22.4. The van der Waals surface area contributed by atoms with E-state index in [9.17, 15) is 9.90 Å². The zero-order valence-corrected chi connectivity index (χ0v) is 24.7. The minimum absolute atomic E-state index is 0.184. The second kappa shape index (κ2) is 12.6. The summed E-state index contributed by atoms with van der Waals surface area (Å²) < 4.78 is 11.8. The van der Waals surface area contributed by atoms with E-state index in [0.29, 0.717) is 55.7 Å². The Bertz CT molecular complexity index is 1650. The van der Waals surface area contributed by atoms with Crippen LogP contribution in [0.3, 0.4) is 0 Å². The van der Waals surface area contributed by atoms with E-state index in [1.165, 1.54) is 0 Å². The van der Waals surface area contributed by atoms with Crippen LogP contribution in [0.2, 0.25) is 15.1 Å². The maximum atomic E-state index is 11.6. The summed E-state index contributed by atoms with van der Waals surface area (Å²) in [6, 6.07) is 15.9. The number of carboxylic acid groups (broad SMARTS) is 1. The van der Waals surface area contributed by atoms with E-state index in [4.69, 9.17) is 44.1 Å². The summed E-state index contributed by atoms with van der Waals surface area (Å²) >= 11 is 19.5. The van der Waals surface area contributed by atoms with Gasteiger partial charge in [0.15, 0.2) is 0 Å². The lowest BCUT2D eigenvalue weighted by molar-refractivity contribution is 0.0696. The van der Waals surface area contributed by atoms with E-state index in [1.54, 1.807) is 48.5 Å². The van der Waals surface area contributed by atoms with E-state index >= 15 is 0 Å². The molecule has 4 aromatic rings. The van der Waals surface area contributed by atoms with Gasteiger partial charge in [0.1, 0.15) is 23.8 Å². The second-order valence-electron chi connectivity index (χ2n) is 10.2. The molecule has 0 atom stereocenters. The first-order valence-electron chi connectivity index (χ1n) is 13.2. The van der Waals surface area contributed by atoms with Crippen LogP contribution in [0.5, 0.6) is 5.75 Å². The number of nitrogens with zero attached hydrogens (tertiary/aromatic N) is 1. The third-order valence-corrected chi connectivity index (χ3v) is 7.53. The lowest BCUT2D eigenvalue weighted by atomic mass is 10.0. The van der Waals surface area contributed by atoms with Gasteiger partial charge in [-0.3, -0.25) is 0 Å². The van der Waals surface area contributed by atoms with E-state index in [0.717, 1.165) is 29.7 Å². The molecule has 0 bridgehead atoms. The smallest absolute Gasteiger partial charge is 0.335 e. The number of hydrogen-bond donors (Lipinski definition) is 2. The van der Waals surface area contributed by atoms with Crippen molar-refractivity contribution >= 4 is 40.8 Å². The highest BCUT2D eigenvalue weighted by atomic mass is 35.5. The Labute approximate surface area is 253 Å². The van der Waals surface area contributed by atoms with Crippen LogP contribution in [0, 0.1) is 11.8 Å². The van der Waals surface area contributed by atoms with Gasteiger partial charge >= 0.3 is 5.97 Å². The molecular weight excluding hydrogens is 583 g/mol. The Morgan fingerprint density at radius 3 is 2.49 bits per heavy atom. The summed E-state index contributed by atoms with van der Waals surface area (Å²) in [5.41, 5.74) is 4.20. The predicted octanol–water partition coefficient (Wildman–Crippen LogP) is 8.35. The number of ether oxygens (including phenoxy) is 1. The lowest BCUT2D eigenvalue weighted by Gasteiger charge is -2.10. The number of nitrogens with one attached hydrogen (secondary N) is 1. The molecular formula is C32H27Cl3N2O4. The standard InChI is InChI=1S/C32H27Cl3N2O4/c1-18(2)36-16-20-12-19(13-23(14-20)32(38)39)6-7-21-10-11-24(15-28(21)35)40-17-25-30(37-41-31(25)22-8-9-22)29-26(33)4-3-5-27(29)34/h3-5,10-15,18,22,36H,8-9,16-17H2,1-2H3,(H,38,39). The molecule has 3 aromatic carbocycles. The van der Waals surface area contributed by atoms with Gasteiger partial charge in [-0.1, -0.05) is 71.7 Å². The van der Waals surface area contributed by atoms with Gasteiger partial charge in [-0.2, -0.15) is 0 Å². The molecule has 1 fully saturated rings. The van der Waals surface area contributed by atoms with Crippen molar-refractivity contribution in [3.63, 3.8) is 0 Å². The molecule has 0 unspecified atom stereocenters. The molecule has 0 amide bonds. The average molecular weight is 610 g/mol. The Balaban J connectivity index is 1.36. The number of halogens is 3. The van der Waals surface area contributed by atoms with Gasteiger partial charge in [-0.05, 0) is 60.9 Å². The fourth-order valence-electron chi connectivity index (χ4n) is 4.34. The molecule has 0 saturated heterocycles. The quantitative estimate of drug-likeness (QED) is 0.186. The van der Waals surface area contributed by atoms with Crippen molar-refractivity contribution in [2.75, 3.05) is 0 Å². The molecule has 5 rings (SSSR count). The minimum atomic E-state index is -1.00. The Hall–Kier alpha value is -3.47. The molecule has 1 aliphatic rings. The summed E-state index contributed by atoms with van der Waals surface area (Å²) in [6.07, 6.45) is 2.06. The van der Waals surface area contributed by atoms with Gasteiger partial charge in [0.2, 0.25) is 0 Å². The van der Waals surface area contributed by atoms with Crippen molar-refractivity contribution < 1.29 is 19.2 Å².